The van der Waals surface area contributed by atoms with Crippen LogP contribution in [-0.4, -0.2) is 22.6 Å². The second-order valence-corrected chi connectivity index (χ2v) is 5.53. The number of hydrogen-bond donors (Lipinski definition) is 2. The highest BCUT2D eigenvalue weighted by molar-refractivity contribution is 6.30. The van der Waals surface area contributed by atoms with Crippen LogP contribution < -0.4 is 10.6 Å². The largest absolute Gasteiger partial charge is 0.351 e. The molecular formula is C13H19ClN4. The highest BCUT2D eigenvalue weighted by atomic mass is 35.5. The van der Waals surface area contributed by atoms with Gasteiger partial charge in [0.15, 0.2) is 0 Å². The van der Waals surface area contributed by atoms with Gasteiger partial charge < -0.3 is 10.6 Å². The number of fused-ring (bicyclic) bond motifs is 1. The zero-order valence-electron chi connectivity index (χ0n) is 10.5. The summed E-state index contributed by atoms with van der Waals surface area (Å²) in [4.78, 5) is 9.01. The topological polar surface area (TPSA) is 49.8 Å². The molecule has 1 saturated carbocycles. The summed E-state index contributed by atoms with van der Waals surface area (Å²) in [5, 5.41) is 7.34. The van der Waals surface area contributed by atoms with Gasteiger partial charge in [-0.25, -0.2) is 9.97 Å². The summed E-state index contributed by atoms with van der Waals surface area (Å²) in [6.07, 6.45) is 7.35. The molecule has 1 aliphatic heterocycles. The van der Waals surface area contributed by atoms with Crippen molar-refractivity contribution in [2.24, 2.45) is 0 Å². The lowest BCUT2D eigenvalue weighted by atomic mass is 9.96. The fourth-order valence-corrected chi connectivity index (χ4v) is 3.05. The Bertz CT molecular complexity index is 429. The first-order chi connectivity index (χ1) is 8.83. The molecule has 2 N–H and O–H groups in total. The minimum Gasteiger partial charge on any atom is -0.351 e. The van der Waals surface area contributed by atoms with Gasteiger partial charge in [0.2, 0.25) is 5.95 Å². The molecule has 0 spiro atoms. The van der Waals surface area contributed by atoms with Crippen molar-refractivity contribution in [1.82, 2.24) is 15.3 Å². The number of nitrogens with zero attached hydrogens (tertiary/aromatic N) is 2. The van der Waals surface area contributed by atoms with E-state index in [1.165, 1.54) is 32.1 Å². The Morgan fingerprint density at radius 3 is 2.83 bits per heavy atom. The summed E-state index contributed by atoms with van der Waals surface area (Å²) in [6, 6.07) is 0.523. The molecule has 3 rings (SSSR count). The van der Waals surface area contributed by atoms with E-state index in [4.69, 9.17) is 11.6 Å². The molecular weight excluding hydrogens is 248 g/mol. The van der Waals surface area contributed by atoms with Gasteiger partial charge in [0, 0.05) is 31.1 Å². The molecule has 0 atom stereocenters. The lowest BCUT2D eigenvalue weighted by Gasteiger charge is -2.24. The molecule has 0 saturated heterocycles. The molecule has 0 unspecified atom stereocenters. The van der Waals surface area contributed by atoms with Crippen molar-refractivity contribution in [2.45, 2.75) is 51.1 Å². The predicted molar refractivity (Wildman–Crippen MR) is 72.9 cm³/mol. The van der Waals surface area contributed by atoms with Crippen molar-refractivity contribution in [3.63, 3.8) is 0 Å². The Morgan fingerprint density at radius 1 is 1.17 bits per heavy atom. The molecule has 98 valence electrons. The first-order valence-corrected chi connectivity index (χ1v) is 7.23. The van der Waals surface area contributed by atoms with Gasteiger partial charge in [0.05, 0.1) is 5.69 Å². The van der Waals surface area contributed by atoms with E-state index in [1.807, 2.05) is 0 Å². The maximum Gasteiger partial charge on any atom is 0.224 e. The molecule has 1 aliphatic carbocycles. The van der Waals surface area contributed by atoms with E-state index >= 15 is 0 Å². The molecule has 5 heteroatoms. The van der Waals surface area contributed by atoms with Crippen molar-refractivity contribution in [2.75, 3.05) is 11.9 Å². The van der Waals surface area contributed by atoms with E-state index in [-0.39, 0.29) is 0 Å². The molecule has 1 aromatic heterocycles. The molecule has 2 heterocycles. The van der Waals surface area contributed by atoms with E-state index in [0.717, 1.165) is 30.8 Å². The average Bonchev–Trinajstić information content (AvgIpc) is 2.40. The van der Waals surface area contributed by atoms with Crippen LogP contribution in [0.1, 0.15) is 43.4 Å². The van der Waals surface area contributed by atoms with E-state index in [2.05, 4.69) is 20.6 Å². The monoisotopic (exact) mass is 266 g/mol. The van der Waals surface area contributed by atoms with Crippen molar-refractivity contribution in [3.05, 3.63) is 16.4 Å². The van der Waals surface area contributed by atoms with Crippen LogP contribution in [0.3, 0.4) is 0 Å². The minimum atomic E-state index is 0.523. The van der Waals surface area contributed by atoms with Gasteiger partial charge in [-0.05, 0) is 12.8 Å². The Balaban J connectivity index is 1.77. The Morgan fingerprint density at radius 2 is 2.00 bits per heavy atom. The van der Waals surface area contributed by atoms with E-state index in [9.17, 15) is 0 Å². The number of hydrogen-bond acceptors (Lipinski definition) is 4. The zero-order valence-corrected chi connectivity index (χ0v) is 11.3. The van der Waals surface area contributed by atoms with Crippen LogP contribution in [0.15, 0.2) is 0 Å². The fourth-order valence-electron chi connectivity index (χ4n) is 2.80. The first kappa shape index (κ1) is 12.2. The number of halogens is 1. The van der Waals surface area contributed by atoms with Crippen LogP contribution in [0.5, 0.6) is 0 Å². The minimum absolute atomic E-state index is 0.523. The average molecular weight is 267 g/mol. The molecule has 4 nitrogen and oxygen atoms in total. The van der Waals surface area contributed by atoms with Crippen LogP contribution in [0.2, 0.25) is 5.15 Å². The van der Waals surface area contributed by atoms with Crippen molar-refractivity contribution < 1.29 is 0 Å². The van der Waals surface area contributed by atoms with E-state index < -0.39 is 0 Å². The lowest BCUT2D eigenvalue weighted by molar-refractivity contribution is 0.460. The van der Waals surface area contributed by atoms with Gasteiger partial charge >= 0.3 is 0 Å². The van der Waals surface area contributed by atoms with Gasteiger partial charge in [-0.15, -0.1) is 0 Å². The third-order valence-corrected chi connectivity index (χ3v) is 4.13. The standard InChI is InChI=1S/C13H19ClN4/c14-12-10-8-15-7-6-11(10)17-13(18-12)16-9-4-2-1-3-5-9/h9,15H,1-8H2,(H,16,17,18). The predicted octanol–water partition coefficient (Wildman–Crippen LogP) is 2.52. The second kappa shape index (κ2) is 5.41. The maximum atomic E-state index is 6.23. The van der Waals surface area contributed by atoms with Gasteiger partial charge in [-0.2, -0.15) is 0 Å². The highest BCUT2D eigenvalue weighted by Crippen LogP contribution is 2.24. The van der Waals surface area contributed by atoms with Crippen LogP contribution >= 0.6 is 11.6 Å². The van der Waals surface area contributed by atoms with Gasteiger partial charge in [0.25, 0.3) is 0 Å². The summed E-state index contributed by atoms with van der Waals surface area (Å²) < 4.78 is 0. The number of aromatic nitrogens is 2. The summed E-state index contributed by atoms with van der Waals surface area (Å²) in [5.41, 5.74) is 2.17. The number of nitrogens with one attached hydrogen (secondary N) is 2. The quantitative estimate of drug-likeness (QED) is 0.808. The maximum absolute atomic E-state index is 6.23. The molecule has 0 radical (unpaired) electrons. The molecule has 18 heavy (non-hydrogen) atoms. The van der Waals surface area contributed by atoms with Gasteiger partial charge in [-0.3, -0.25) is 0 Å². The van der Waals surface area contributed by atoms with Gasteiger partial charge in [0.1, 0.15) is 5.15 Å². The molecule has 1 aromatic rings. The normalized spacial score (nSPS) is 20.5. The molecule has 0 bridgehead atoms. The first-order valence-electron chi connectivity index (χ1n) is 6.85. The fraction of sp³-hybridized carbons (Fsp3) is 0.692. The van der Waals surface area contributed by atoms with Gasteiger partial charge in [-0.1, -0.05) is 30.9 Å². The van der Waals surface area contributed by atoms with Crippen LogP contribution in [-0.2, 0) is 13.0 Å². The number of anilines is 1. The van der Waals surface area contributed by atoms with Crippen LogP contribution in [0.25, 0.3) is 0 Å². The lowest BCUT2D eigenvalue weighted by Crippen LogP contribution is -2.28. The smallest absolute Gasteiger partial charge is 0.224 e. The number of rotatable bonds is 2. The summed E-state index contributed by atoms with van der Waals surface area (Å²) in [6.45, 7) is 1.76. The zero-order chi connectivity index (χ0) is 12.4. The molecule has 0 aromatic carbocycles. The third kappa shape index (κ3) is 2.59. The van der Waals surface area contributed by atoms with Crippen molar-refractivity contribution in [1.29, 1.82) is 0 Å². The Hall–Kier alpha value is -0.870. The van der Waals surface area contributed by atoms with E-state index in [0.29, 0.717) is 17.1 Å². The van der Waals surface area contributed by atoms with Crippen LogP contribution in [0, 0.1) is 0 Å². The molecule has 1 fully saturated rings. The Kier molecular flexibility index (Phi) is 3.66. The highest BCUT2D eigenvalue weighted by Gasteiger charge is 2.19. The summed E-state index contributed by atoms with van der Waals surface area (Å²) >= 11 is 6.23. The Labute approximate surface area is 113 Å². The third-order valence-electron chi connectivity index (χ3n) is 3.82. The molecule has 0 amide bonds. The van der Waals surface area contributed by atoms with E-state index in [1.54, 1.807) is 0 Å². The summed E-state index contributed by atoms with van der Waals surface area (Å²) in [7, 11) is 0. The summed E-state index contributed by atoms with van der Waals surface area (Å²) in [5.74, 6) is 0.715. The van der Waals surface area contributed by atoms with Crippen LogP contribution in [0.4, 0.5) is 5.95 Å². The van der Waals surface area contributed by atoms with Crippen molar-refractivity contribution >= 4 is 17.5 Å². The SMILES string of the molecule is Clc1nc(NC2CCCCC2)nc2c1CNCC2. The molecule has 2 aliphatic rings. The van der Waals surface area contributed by atoms with Crippen molar-refractivity contribution in [3.8, 4) is 0 Å². The second-order valence-electron chi connectivity index (χ2n) is 5.17.